The molecule has 0 fully saturated rings. The maximum absolute atomic E-state index is 11.9. The van der Waals surface area contributed by atoms with E-state index in [1.54, 1.807) is 11.4 Å². The van der Waals surface area contributed by atoms with Crippen molar-refractivity contribution in [3.8, 4) is 0 Å². The highest BCUT2D eigenvalue weighted by atomic mass is 79.9. The Morgan fingerprint density at radius 3 is 2.79 bits per heavy atom. The molecule has 0 atom stereocenters. The number of carbonyl (C=O) groups is 2. The number of halogens is 1. The van der Waals surface area contributed by atoms with Gasteiger partial charge >= 0.3 is 0 Å². The summed E-state index contributed by atoms with van der Waals surface area (Å²) >= 11 is 4.63. The van der Waals surface area contributed by atoms with Crippen LogP contribution in [0.3, 0.4) is 0 Å². The van der Waals surface area contributed by atoms with Crippen LogP contribution in [-0.4, -0.2) is 11.8 Å². The third kappa shape index (κ3) is 3.65. The van der Waals surface area contributed by atoms with Crippen molar-refractivity contribution in [1.82, 2.24) is 0 Å². The largest absolute Gasteiger partial charge is 0.366 e. The van der Waals surface area contributed by atoms with Gasteiger partial charge in [0.1, 0.15) is 5.00 Å². The lowest BCUT2D eigenvalue weighted by Crippen LogP contribution is -2.17. The number of hydrogen-bond acceptors (Lipinski definition) is 3. The molecular formula is C13H11BrN2O2S. The van der Waals surface area contributed by atoms with Crippen molar-refractivity contribution in [3.63, 3.8) is 0 Å². The molecule has 2 aromatic rings. The lowest BCUT2D eigenvalue weighted by atomic mass is 10.1. The number of anilines is 1. The molecule has 0 spiro atoms. The average Bonchev–Trinajstić information content (AvgIpc) is 2.76. The molecular weight excluding hydrogens is 328 g/mol. The van der Waals surface area contributed by atoms with Crippen molar-refractivity contribution in [1.29, 1.82) is 0 Å². The first-order valence-corrected chi connectivity index (χ1v) is 7.15. The molecule has 1 aromatic heterocycles. The molecule has 98 valence electrons. The van der Waals surface area contributed by atoms with Crippen LogP contribution in [0.2, 0.25) is 0 Å². The minimum atomic E-state index is -0.543. The second-order valence-corrected chi connectivity index (χ2v) is 5.71. The molecule has 4 nitrogen and oxygen atoms in total. The molecule has 0 unspecified atom stereocenters. The minimum Gasteiger partial charge on any atom is -0.366 e. The number of primary amides is 1. The quantitative estimate of drug-likeness (QED) is 0.899. The van der Waals surface area contributed by atoms with E-state index in [-0.39, 0.29) is 12.3 Å². The Kier molecular flexibility index (Phi) is 4.34. The Labute approximate surface area is 122 Å². The van der Waals surface area contributed by atoms with E-state index in [1.165, 1.54) is 11.3 Å². The van der Waals surface area contributed by atoms with E-state index in [0.717, 1.165) is 10.0 Å². The number of amides is 2. The molecule has 3 N–H and O–H groups in total. The van der Waals surface area contributed by atoms with Crippen molar-refractivity contribution >= 4 is 44.1 Å². The molecule has 0 bridgehead atoms. The lowest BCUT2D eigenvalue weighted by molar-refractivity contribution is -0.115. The van der Waals surface area contributed by atoms with Gasteiger partial charge in [0.2, 0.25) is 5.91 Å². The first-order valence-electron chi connectivity index (χ1n) is 5.48. The van der Waals surface area contributed by atoms with E-state index >= 15 is 0 Å². The number of rotatable bonds is 4. The monoisotopic (exact) mass is 338 g/mol. The van der Waals surface area contributed by atoms with Crippen molar-refractivity contribution in [3.05, 3.63) is 51.3 Å². The van der Waals surface area contributed by atoms with Gasteiger partial charge in [0.05, 0.1) is 12.0 Å². The molecule has 0 aliphatic carbocycles. The van der Waals surface area contributed by atoms with Crippen LogP contribution < -0.4 is 11.1 Å². The van der Waals surface area contributed by atoms with Crippen molar-refractivity contribution < 1.29 is 9.59 Å². The Bertz CT molecular complexity index is 625. The zero-order valence-electron chi connectivity index (χ0n) is 9.85. The summed E-state index contributed by atoms with van der Waals surface area (Å²) in [5, 5.41) is 4.91. The highest BCUT2D eigenvalue weighted by Gasteiger charge is 2.12. The molecule has 19 heavy (non-hydrogen) atoms. The van der Waals surface area contributed by atoms with Crippen molar-refractivity contribution in [2.75, 3.05) is 5.32 Å². The zero-order valence-corrected chi connectivity index (χ0v) is 12.3. The third-order valence-corrected chi connectivity index (χ3v) is 3.76. The van der Waals surface area contributed by atoms with Crippen LogP contribution in [0.1, 0.15) is 15.9 Å². The van der Waals surface area contributed by atoms with Gasteiger partial charge in [0, 0.05) is 4.47 Å². The fraction of sp³-hybridized carbons (Fsp3) is 0.0769. The molecule has 0 saturated heterocycles. The van der Waals surface area contributed by atoms with E-state index in [4.69, 9.17) is 5.73 Å². The summed E-state index contributed by atoms with van der Waals surface area (Å²) in [6.45, 7) is 0. The first-order chi connectivity index (χ1) is 9.06. The maximum atomic E-state index is 11.9. The SMILES string of the molecule is NC(=O)c1ccsc1NC(=O)Cc1cccc(Br)c1. The van der Waals surface area contributed by atoms with Crippen LogP contribution in [0, 0.1) is 0 Å². The number of nitrogens with two attached hydrogens (primary N) is 1. The fourth-order valence-corrected chi connectivity index (χ4v) is 2.86. The van der Waals surface area contributed by atoms with Crippen LogP contribution >= 0.6 is 27.3 Å². The first kappa shape index (κ1) is 13.8. The van der Waals surface area contributed by atoms with Crippen LogP contribution in [0.15, 0.2) is 40.2 Å². The summed E-state index contributed by atoms with van der Waals surface area (Å²) in [5.41, 5.74) is 6.45. The molecule has 6 heteroatoms. The van der Waals surface area contributed by atoms with E-state index < -0.39 is 5.91 Å². The van der Waals surface area contributed by atoms with E-state index in [2.05, 4.69) is 21.2 Å². The highest BCUT2D eigenvalue weighted by molar-refractivity contribution is 9.10. The Morgan fingerprint density at radius 1 is 1.32 bits per heavy atom. The molecule has 2 amide bonds. The number of benzene rings is 1. The van der Waals surface area contributed by atoms with Gasteiger partial charge in [-0.1, -0.05) is 28.1 Å². The number of nitrogens with one attached hydrogen (secondary N) is 1. The van der Waals surface area contributed by atoms with E-state index in [1.807, 2.05) is 24.3 Å². The number of thiophene rings is 1. The topological polar surface area (TPSA) is 72.2 Å². The lowest BCUT2D eigenvalue weighted by Gasteiger charge is -2.05. The standard InChI is InChI=1S/C13H11BrN2O2S/c14-9-3-1-2-8(6-9)7-11(17)16-13-10(12(15)18)4-5-19-13/h1-6H,7H2,(H2,15,18)(H,16,17). The zero-order chi connectivity index (χ0) is 13.8. The van der Waals surface area contributed by atoms with Crippen molar-refractivity contribution in [2.45, 2.75) is 6.42 Å². The summed E-state index contributed by atoms with van der Waals surface area (Å²) in [5.74, 6) is -0.720. The van der Waals surface area contributed by atoms with Crippen LogP contribution in [-0.2, 0) is 11.2 Å². The van der Waals surface area contributed by atoms with E-state index in [0.29, 0.717) is 10.6 Å². The average molecular weight is 339 g/mol. The maximum Gasteiger partial charge on any atom is 0.251 e. The molecule has 0 aliphatic rings. The van der Waals surface area contributed by atoms with Gasteiger partial charge in [-0.05, 0) is 29.1 Å². The fourth-order valence-electron chi connectivity index (χ4n) is 1.60. The summed E-state index contributed by atoms with van der Waals surface area (Å²) in [7, 11) is 0. The Morgan fingerprint density at radius 2 is 2.11 bits per heavy atom. The molecule has 1 aromatic carbocycles. The van der Waals surface area contributed by atoms with Gasteiger partial charge < -0.3 is 11.1 Å². The Hall–Kier alpha value is -1.66. The normalized spacial score (nSPS) is 10.2. The van der Waals surface area contributed by atoms with Crippen LogP contribution in [0.25, 0.3) is 0 Å². The van der Waals surface area contributed by atoms with Gasteiger partial charge in [-0.3, -0.25) is 9.59 Å². The second kappa shape index (κ2) is 5.99. The van der Waals surface area contributed by atoms with Gasteiger partial charge in [0.15, 0.2) is 0 Å². The van der Waals surface area contributed by atoms with Gasteiger partial charge in [-0.25, -0.2) is 0 Å². The van der Waals surface area contributed by atoms with E-state index in [9.17, 15) is 9.59 Å². The molecule has 0 radical (unpaired) electrons. The minimum absolute atomic E-state index is 0.178. The summed E-state index contributed by atoms with van der Waals surface area (Å²) in [6.07, 6.45) is 0.246. The van der Waals surface area contributed by atoms with Gasteiger partial charge in [-0.2, -0.15) is 0 Å². The Balaban J connectivity index is 2.05. The summed E-state index contributed by atoms with van der Waals surface area (Å²) in [6, 6.07) is 9.11. The molecule has 0 aliphatic heterocycles. The molecule has 0 saturated carbocycles. The van der Waals surface area contributed by atoms with Crippen molar-refractivity contribution in [2.24, 2.45) is 5.73 Å². The third-order valence-electron chi connectivity index (χ3n) is 2.44. The predicted molar refractivity (Wildman–Crippen MR) is 79.3 cm³/mol. The molecule has 1 heterocycles. The second-order valence-electron chi connectivity index (χ2n) is 3.88. The van der Waals surface area contributed by atoms with Gasteiger partial charge in [-0.15, -0.1) is 11.3 Å². The highest BCUT2D eigenvalue weighted by Crippen LogP contribution is 2.23. The number of hydrogen-bond donors (Lipinski definition) is 2. The number of carbonyl (C=O) groups excluding carboxylic acids is 2. The smallest absolute Gasteiger partial charge is 0.251 e. The van der Waals surface area contributed by atoms with Crippen LogP contribution in [0.4, 0.5) is 5.00 Å². The van der Waals surface area contributed by atoms with Crippen LogP contribution in [0.5, 0.6) is 0 Å². The van der Waals surface area contributed by atoms with Gasteiger partial charge in [0.25, 0.3) is 5.91 Å². The molecule has 2 rings (SSSR count). The summed E-state index contributed by atoms with van der Waals surface area (Å²) in [4.78, 5) is 23.0. The summed E-state index contributed by atoms with van der Waals surface area (Å²) < 4.78 is 0.923. The predicted octanol–water partition coefficient (Wildman–Crippen LogP) is 2.79.